The summed E-state index contributed by atoms with van der Waals surface area (Å²) >= 11 is 0. The molecule has 0 spiro atoms. The second-order valence-corrected chi connectivity index (χ2v) is 2.74. The summed E-state index contributed by atoms with van der Waals surface area (Å²) in [6, 6.07) is 0.871. The Bertz CT molecular complexity index is 396. The molecule has 0 bridgehead atoms. The van der Waals surface area contributed by atoms with Crippen LogP contribution in [0, 0.1) is 17.0 Å². The van der Waals surface area contributed by atoms with Gasteiger partial charge in [-0.2, -0.15) is 0 Å². The van der Waals surface area contributed by atoms with Crippen molar-refractivity contribution in [2.45, 2.75) is 13.3 Å². The number of pyridine rings is 1. The number of ether oxygens (including phenoxy) is 1. The van der Waals surface area contributed by atoms with Crippen LogP contribution in [0.25, 0.3) is 0 Å². The Hall–Kier alpha value is -1.79. The second-order valence-electron chi connectivity index (χ2n) is 2.74. The maximum absolute atomic E-state index is 12.3. The molecule has 1 heterocycles. The molecular weight excluding hydrogens is 210 g/mol. The van der Waals surface area contributed by atoms with E-state index < -0.39 is 17.0 Å². The lowest BCUT2D eigenvalue weighted by Gasteiger charge is -2.06. The molecule has 1 rings (SSSR count). The van der Waals surface area contributed by atoms with Crippen molar-refractivity contribution in [3.05, 3.63) is 27.6 Å². The lowest BCUT2D eigenvalue weighted by molar-refractivity contribution is -0.386. The van der Waals surface area contributed by atoms with Gasteiger partial charge in [0.25, 0.3) is 6.43 Å². The van der Waals surface area contributed by atoms with Gasteiger partial charge in [0.1, 0.15) is 11.4 Å². The number of hydrogen-bond acceptors (Lipinski definition) is 4. The zero-order valence-electron chi connectivity index (χ0n) is 8.03. The Morgan fingerprint density at radius 3 is 2.60 bits per heavy atom. The summed E-state index contributed by atoms with van der Waals surface area (Å²) in [5, 5.41) is 10.6. The minimum atomic E-state index is -2.78. The molecule has 0 N–H and O–H groups in total. The molecule has 0 radical (unpaired) electrons. The van der Waals surface area contributed by atoms with E-state index in [0.717, 1.165) is 6.07 Å². The van der Waals surface area contributed by atoms with Crippen molar-refractivity contribution in [1.82, 2.24) is 4.98 Å². The van der Waals surface area contributed by atoms with Crippen LogP contribution in [-0.2, 0) is 0 Å². The third kappa shape index (κ3) is 2.17. The van der Waals surface area contributed by atoms with E-state index in [-0.39, 0.29) is 17.1 Å². The number of methoxy groups -OCH3 is 1. The van der Waals surface area contributed by atoms with Crippen LogP contribution in [0.15, 0.2) is 6.07 Å². The number of aryl methyl sites for hydroxylation is 1. The number of aromatic nitrogens is 1. The monoisotopic (exact) mass is 218 g/mol. The second kappa shape index (κ2) is 4.16. The first-order valence-electron chi connectivity index (χ1n) is 3.95. The highest BCUT2D eigenvalue weighted by atomic mass is 19.3. The van der Waals surface area contributed by atoms with Crippen molar-refractivity contribution >= 4 is 5.69 Å². The minimum Gasteiger partial charge on any atom is -0.490 e. The van der Waals surface area contributed by atoms with E-state index in [1.807, 2.05) is 0 Å². The molecule has 5 nitrogen and oxygen atoms in total. The standard InChI is InChI=1S/C8H8F2N2O3/c1-4-7(12(13)14)6(15-2)3-5(11-4)8(9)10/h3,8H,1-2H3. The molecule has 15 heavy (non-hydrogen) atoms. The van der Waals surface area contributed by atoms with Gasteiger partial charge in [0.15, 0.2) is 0 Å². The normalized spacial score (nSPS) is 10.5. The molecule has 0 saturated heterocycles. The molecule has 0 amide bonds. The van der Waals surface area contributed by atoms with Crippen molar-refractivity contribution in [3.8, 4) is 5.75 Å². The fourth-order valence-electron chi connectivity index (χ4n) is 1.15. The Morgan fingerprint density at radius 1 is 1.60 bits per heavy atom. The van der Waals surface area contributed by atoms with E-state index >= 15 is 0 Å². The number of halogens is 2. The minimum absolute atomic E-state index is 0.0883. The molecule has 0 saturated carbocycles. The predicted molar refractivity (Wildman–Crippen MR) is 47.1 cm³/mol. The van der Waals surface area contributed by atoms with E-state index in [2.05, 4.69) is 9.72 Å². The van der Waals surface area contributed by atoms with Crippen LogP contribution in [0.2, 0.25) is 0 Å². The van der Waals surface area contributed by atoms with Crippen LogP contribution in [0.4, 0.5) is 14.5 Å². The number of rotatable bonds is 3. The average molecular weight is 218 g/mol. The number of nitrogens with zero attached hydrogens (tertiary/aromatic N) is 2. The highest BCUT2D eigenvalue weighted by Gasteiger charge is 2.23. The van der Waals surface area contributed by atoms with E-state index in [0.29, 0.717) is 0 Å². The Labute approximate surface area is 83.8 Å². The summed E-state index contributed by atoms with van der Waals surface area (Å²) in [7, 11) is 1.18. The zero-order valence-corrected chi connectivity index (χ0v) is 8.03. The van der Waals surface area contributed by atoms with Gasteiger partial charge in [0.2, 0.25) is 5.75 Å². The highest BCUT2D eigenvalue weighted by Crippen LogP contribution is 2.32. The lowest BCUT2D eigenvalue weighted by atomic mass is 10.2. The Morgan fingerprint density at radius 2 is 2.20 bits per heavy atom. The van der Waals surface area contributed by atoms with Crippen LogP contribution in [0.3, 0.4) is 0 Å². The van der Waals surface area contributed by atoms with Crippen LogP contribution >= 0.6 is 0 Å². The molecule has 82 valence electrons. The third-order valence-electron chi connectivity index (χ3n) is 1.78. The fraction of sp³-hybridized carbons (Fsp3) is 0.375. The summed E-state index contributed by atoms with van der Waals surface area (Å²) in [5.74, 6) is -0.206. The molecule has 0 aliphatic rings. The lowest BCUT2D eigenvalue weighted by Crippen LogP contribution is -2.02. The average Bonchev–Trinajstić information content (AvgIpc) is 2.15. The molecule has 1 aromatic heterocycles. The van der Waals surface area contributed by atoms with Gasteiger partial charge < -0.3 is 4.74 Å². The van der Waals surface area contributed by atoms with E-state index in [4.69, 9.17) is 0 Å². The molecule has 0 unspecified atom stereocenters. The van der Waals surface area contributed by atoms with E-state index in [1.54, 1.807) is 0 Å². The van der Waals surface area contributed by atoms with Crippen LogP contribution in [0.5, 0.6) is 5.75 Å². The van der Waals surface area contributed by atoms with E-state index in [9.17, 15) is 18.9 Å². The van der Waals surface area contributed by atoms with Gasteiger partial charge in [0, 0.05) is 6.07 Å². The first-order valence-corrected chi connectivity index (χ1v) is 3.95. The van der Waals surface area contributed by atoms with Gasteiger partial charge in [-0.05, 0) is 6.92 Å². The number of nitro groups is 1. The van der Waals surface area contributed by atoms with Crippen LogP contribution in [-0.4, -0.2) is 17.0 Å². The van der Waals surface area contributed by atoms with Gasteiger partial charge in [-0.1, -0.05) is 0 Å². The summed E-state index contributed by atoms with van der Waals surface area (Å²) < 4.78 is 29.3. The van der Waals surface area contributed by atoms with Gasteiger partial charge in [0.05, 0.1) is 12.0 Å². The maximum atomic E-state index is 12.3. The number of alkyl halides is 2. The van der Waals surface area contributed by atoms with E-state index in [1.165, 1.54) is 14.0 Å². The molecule has 0 aliphatic carbocycles. The summed E-state index contributed by atoms with van der Waals surface area (Å²) in [6.45, 7) is 1.28. The number of hydrogen-bond donors (Lipinski definition) is 0. The van der Waals surface area contributed by atoms with Gasteiger partial charge in [-0.3, -0.25) is 10.1 Å². The summed E-state index contributed by atoms with van der Waals surface area (Å²) in [5.41, 5.74) is -1.01. The Balaban J connectivity index is 3.37. The van der Waals surface area contributed by atoms with Gasteiger partial charge >= 0.3 is 5.69 Å². The topological polar surface area (TPSA) is 65.3 Å². The zero-order chi connectivity index (χ0) is 11.6. The third-order valence-corrected chi connectivity index (χ3v) is 1.78. The SMILES string of the molecule is COc1cc(C(F)F)nc(C)c1[N+](=O)[O-]. The van der Waals surface area contributed by atoms with Crippen LogP contribution < -0.4 is 4.74 Å². The molecule has 0 atom stereocenters. The van der Waals surface area contributed by atoms with Crippen molar-refractivity contribution in [2.75, 3.05) is 7.11 Å². The van der Waals surface area contributed by atoms with Crippen molar-refractivity contribution in [3.63, 3.8) is 0 Å². The summed E-state index contributed by atoms with van der Waals surface area (Å²) in [6.07, 6.45) is -2.78. The first kappa shape index (κ1) is 11.3. The quantitative estimate of drug-likeness (QED) is 0.576. The summed E-state index contributed by atoms with van der Waals surface area (Å²) in [4.78, 5) is 13.3. The van der Waals surface area contributed by atoms with Crippen molar-refractivity contribution in [1.29, 1.82) is 0 Å². The molecule has 7 heteroatoms. The molecule has 0 aliphatic heterocycles. The van der Waals surface area contributed by atoms with Gasteiger partial charge in [-0.15, -0.1) is 0 Å². The smallest absolute Gasteiger partial charge is 0.331 e. The largest absolute Gasteiger partial charge is 0.490 e. The molecule has 0 aromatic carbocycles. The predicted octanol–water partition coefficient (Wildman–Crippen LogP) is 2.24. The van der Waals surface area contributed by atoms with Crippen molar-refractivity contribution in [2.24, 2.45) is 0 Å². The fourth-order valence-corrected chi connectivity index (χ4v) is 1.15. The van der Waals surface area contributed by atoms with Crippen molar-refractivity contribution < 1.29 is 18.4 Å². The Kier molecular flexibility index (Phi) is 3.13. The molecular formula is C8H8F2N2O3. The highest BCUT2D eigenvalue weighted by molar-refractivity contribution is 5.50. The van der Waals surface area contributed by atoms with Gasteiger partial charge in [-0.25, -0.2) is 13.8 Å². The maximum Gasteiger partial charge on any atom is 0.331 e. The van der Waals surface area contributed by atoms with Crippen LogP contribution in [0.1, 0.15) is 17.8 Å². The molecule has 1 aromatic rings. The molecule has 0 fully saturated rings. The first-order chi connectivity index (χ1) is 6.97.